The highest BCUT2D eigenvalue weighted by molar-refractivity contribution is 5.99. The van der Waals surface area contributed by atoms with E-state index in [9.17, 15) is 4.79 Å². The minimum atomic E-state index is 0.00831. The van der Waals surface area contributed by atoms with Crippen LogP contribution in [-0.2, 0) is 0 Å². The summed E-state index contributed by atoms with van der Waals surface area (Å²) in [6.45, 7) is 9.86. The molecule has 0 radical (unpaired) electrons. The van der Waals surface area contributed by atoms with E-state index in [4.69, 9.17) is 0 Å². The van der Waals surface area contributed by atoms with E-state index in [1.165, 1.54) is 0 Å². The van der Waals surface area contributed by atoms with Gasteiger partial charge in [-0.15, -0.1) is 0 Å². The molecule has 18 heavy (non-hydrogen) atoms. The maximum absolute atomic E-state index is 12.4. The SMILES string of the molecule is CCNc1ccncc1C(=O)N(C)CC(C)(C)C. The Morgan fingerprint density at radius 3 is 2.67 bits per heavy atom. The molecule has 0 unspecified atom stereocenters. The van der Waals surface area contributed by atoms with Gasteiger partial charge in [0.15, 0.2) is 0 Å². The Morgan fingerprint density at radius 2 is 2.11 bits per heavy atom. The highest BCUT2D eigenvalue weighted by Gasteiger charge is 2.20. The first-order chi connectivity index (χ1) is 8.35. The minimum absolute atomic E-state index is 0.00831. The van der Waals surface area contributed by atoms with Crippen LogP contribution in [0.2, 0.25) is 0 Å². The monoisotopic (exact) mass is 249 g/mol. The van der Waals surface area contributed by atoms with E-state index < -0.39 is 0 Å². The third-order valence-corrected chi connectivity index (χ3v) is 2.48. The standard InChI is InChI=1S/C14H23N3O/c1-6-16-12-7-8-15-9-11(12)13(18)17(5)10-14(2,3)4/h7-9H,6,10H2,1-5H3,(H,15,16). The summed E-state index contributed by atoms with van der Waals surface area (Å²) in [5.41, 5.74) is 1.56. The zero-order chi connectivity index (χ0) is 13.8. The van der Waals surface area contributed by atoms with Gasteiger partial charge in [0.25, 0.3) is 5.91 Å². The first kappa shape index (κ1) is 14.5. The predicted molar refractivity (Wildman–Crippen MR) is 74.8 cm³/mol. The highest BCUT2D eigenvalue weighted by atomic mass is 16.2. The molecule has 0 bridgehead atoms. The maximum Gasteiger partial charge on any atom is 0.257 e. The average Bonchev–Trinajstić information content (AvgIpc) is 2.27. The van der Waals surface area contributed by atoms with Gasteiger partial charge in [0, 0.05) is 32.5 Å². The van der Waals surface area contributed by atoms with Crippen molar-refractivity contribution in [2.24, 2.45) is 5.41 Å². The molecular formula is C14H23N3O. The van der Waals surface area contributed by atoms with Crippen LogP contribution >= 0.6 is 0 Å². The summed E-state index contributed by atoms with van der Waals surface area (Å²) >= 11 is 0. The molecule has 0 aliphatic heterocycles. The van der Waals surface area contributed by atoms with E-state index in [0.717, 1.165) is 12.2 Å². The van der Waals surface area contributed by atoms with E-state index in [0.29, 0.717) is 12.1 Å². The third kappa shape index (κ3) is 4.02. The number of aromatic nitrogens is 1. The number of nitrogens with zero attached hydrogens (tertiary/aromatic N) is 2. The van der Waals surface area contributed by atoms with Gasteiger partial charge in [-0.2, -0.15) is 0 Å². The van der Waals surface area contributed by atoms with Crippen molar-refractivity contribution >= 4 is 11.6 Å². The lowest BCUT2D eigenvalue weighted by Crippen LogP contribution is -2.34. The predicted octanol–water partition coefficient (Wildman–Crippen LogP) is 2.63. The lowest BCUT2D eigenvalue weighted by atomic mass is 9.96. The smallest absolute Gasteiger partial charge is 0.257 e. The number of carbonyl (C=O) groups is 1. The van der Waals surface area contributed by atoms with Gasteiger partial charge < -0.3 is 10.2 Å². The zero-order valence-electron chi connectivity index (χ0n) is 11.9. The number of hydrogen-bond donors (Lipinski definition) is 1. The van der Waals surface area contributed by atoms with Crippen molar-refractivity contribution in [2.75, 3.05) is 25.5 Å². The fourth-order valence-corrected chi connectivity index (χ4v) is 1.90. The van der Waals surface area contributed by atoms with Gasteiger partial charge in [-0.3, -0.25) is 9.78 Å². The van der Waals surface area contributed by atoms with E-state index >= 15 is 0 Å². The summed E-state index contributed by atoms with van der Waals surface area (Å²) < 4.78 is 0. The zero-order valence-corrected chi connectivity index (χ0v) is 11.9. The summed E-state index contributed by atoms with van der Waals surface area (Å²) in [7, 11) is 1.83. The van der Waals surface area contributed by atoms with Crippen molar-refractivity contribution in [1.29, 1.82) is 0 Å². The Labute approximate surface area is 109 Å². The average molecular weight is 249 g/mol. The number of pyridine rings is 1. The van der Waals surface area contributed by atoms with Crippen LogP contribution < -0.4 is 5.32 Å². The molecule has 1 rings (SSSR count). The molecule has 100 valence electrons. The van der Waals surface area contributed by atoms with Crippen LogP contribution in [0.3, 0.4) is 0 Å². The van der Waals surface area contributed by atoms with E-state index in [1.807, 2.05) is 20.0 Å². The lowest BCUT2D eigenvalue weighted by molar-refractivity contribution is 0.0746. The Balaban J connectivity index is 2.89. The summed E-state index contributed by atoms with van der Waals surface area (Å²) in [5, 5.41) is 3.19. The Hall–Kier alpha value is -1.58. The number of rotatable bonds is 4. The van der Waals surface area contributed by atoms with Crippen LogP contribution in [0.25, 0.3) is 0 Å². The molecule has 0 atom stereocenters. The van der Waals surface area contributed by atoms with Crippen molar-refractivity contribution in [3.8, 4) is 0 Å². The molecule has 0 spiro atoms. The van der Waals surface area contributed by atoms with Gasteiger partial charge in [-0.1, -0.05) is 20.8 Å². The number of nitrogens with one attached hydrogen (secondary N) is 1. The van der Waals surface area contributed by atoms with Gasteiger partial charge in [-0.05, 0) is 18.4 Å². The summed E-state index contributed by atoms with van der Waals surface area (Å²) in [6, 6.07) is 1.83. The molecule has 0 aromatic carbocycles. The molecule has 4 heteroatoms. The fourth-order valence-electron chi connectivity index (χ4n) is 1.90. The molecule has 4 nitrogen and oxygen atoms in total. The van der Waals surface area contributed by atoms with Crippen molar-refractivity contribution in [1.82, 2.24) is 9.88 Å². The number of anilines is 1. The second-order valence-corrected chi connectivity index (χ2v) is 5.67. The first-order valence-corrected chi connectivity index (χ1v) is 6.28. The van der Waals surface area contributed by atoms with Crippen LogP contribution in [-0.4, -0.2) is 35.9 Å². The summed E-state index contributed by atoms with van der Waals surface area (Å²) in [6.07, 6.45) is 3.32. The largest absolute Gasteiger partial charge is 0.385 e. The lowest BCUT2D eigenvalue weighted by Gasteiger charge is -2.27. The molecule has 0 saturated carbocycles. The topological polar surface area (TPSA) is 45.2 Å². The summed E-state index contributed by atoms with van der Waals surface area (Å²) in [4.78, 5) is 18.2. The molecule has 1 N–H and O–H groups in total. The molecule has 1 heterocycles. The second kappa shape index (κ2) is 5.85. The molecular weight excluding hydrogens is 226 g/mol. The van der Waals surface area contributed by atoms with Gasteiger partial charge in [0.05, 0.1) is 11.3 Å². The molecule has 0 aliphatic rings. The number of amides is 1. The highest BCUT2D eigenvalue weighted by Crippen LogP contribution is 2.19. The van der Waals surface area contributed by atoms with Gasteiger partial charge >= 0.3 is 0 Å². The number of carbonyl (C=O) groups excluding carboxylic acids is 1. The fraction of sp³-hybridized carbons (Fsp3) is 0.571. The van der Waals surface area contributed by atoms with Crippen LogP contribution in [0.15, 0.2) is 18.5 Å². The van der Waals surface area contributed by atoms with Crippen molar-refractivity contribution in [2.45, 2.75) is 27.7 Å². The first-order valence-electron chi connectivity index (χ1n) is 6.28. The van der Waals surface area contributed by atoms with Crippen LogP contribution in [0.1, 0.15) is 38.1 Å². The number of hydrogen-bond acceptors (Lipinski definition) is 3. The molecule has 0 fully saturated rings. The normalized spacial score (nSPS) is 11.2. The van der Waals surface area contributed by atoms with E-state index in [2.05, 4.69) is 31.1 Å². The second-order valence-electron chi connectivity index (χ2n) is 5.67. The quantitative estimate of drug-likeness (QED) is 0.892. The Bertz CT molecular complexity index is 410. The summed E-state index contributed by atoms with van der Waals surface area (Å²) in [5.74, 6) is 0.00831. The van der Waals surface area contributed by atoms with Gasteiger partial charge in [-0.25, -0.2) is 0 Å². The Kier molecular flexibility index (Phi) is 4.70. The molecule has 1 amide bonds. The van der Waals surface area contributed by atoms with Gasteiger partial charge in [0.2, 0.25) is 0 Å². The van der Waals surface area contributed by atoms with Crippen molar-refractivity contribution in [3.63, 3.8) is 0 Å². The van der Waals surface area contributed by atoms with Crippen LogP contribution in [0.5, 0.6) is 0 Å². The minimum Gasteiger partial charge on any atom is -0.385 e. The van der Waals surface area contributed by atoms with Crippen molar-refractivity contribution in [3.05, 3.63) is 24.0 Å². The van der Waals surface area contributed by atoms with Crippen molar-refractivity contribution < 1.29 is 4.79 Å². The molecule has 0 saturated heterocycles. The maximum atomic E-state index is 12.4. The van der Waals surface area contributed by atoms with E-state index in [1.54, 1.807) is 17.3 Å². The molecule has 1 aromatic rings. The Morgan fingerprint density at radius 1 is 1.44 bits per heavy atom. The third-order valence-electron chi connectivity index (χ3n) is 2.48. The van der Waals surface area contributed by atoms with E-state index in [-0.39, 0.29) is 11.3 Å². The van der Waals surface area contributed by atoms with Crippen LogP contribution in [0.4, 0.5) is 5.69 Å². The molecule has 0 aliphatic carbocycles. The van der Waals surface area contributed by atoms with Crippen LogP contribution in [0, 0.1) is 5.41 Å². The molecule has 1 aromatic heterocycles. The van der Waals surface area contributed by atoms with Gasteiger partial charge in [0.1, 0.15) is 0 Å².